The van der Waals surface area contributed by atoms with Crippen molar-refractivity contribution in [2.75, 3.05) is 13.1 Å². The van der Waals surface area contributed by atoms with Crippen LogP contribution in [0.15, 0.2) is 65.3 Å². The summed E-state index contributed by atoms with van der Waals surface area (Å²) in [6.07, 6.45) is 3.71. The van der Waals surface area contributed by atoms with E-state index in [-0.39, 0.29) is 18.4 Å². The predicted molar refractivity (Wildman–Crippen MR) is 114 cm³/mol. The Hall–Kier alpha value is -2.63. The number of hydrogen-bond acceptors (Lipinski definition) is 4. The number of benzene rings is 2. The van der Waals surface area contributed by atoms with Crippen molar-refractivity contribution in [2.45, 2.75) is 31.8 Å². The molecule has 0 radical (unpaired) electrons. The second kappa shape index (κ2) is 9.25. The minimum Gasteiger partial charge on any atom is -0.444 e. The molecule has 0 saturated carbocycles. The van der Waals surface area contributed by atoms with Crippen molar-refractivity contribution in [3.63, 3.8) is 0 Å². The SMILES string of the molecule is O=C(Cc1coc(-c2ccccc2)n1)NC1CCN(Cc2ccc(Cl)cc2)CC1. The van der Waals surface area contributed by atoms with Crippen molar-refractivity contribution >= 4 is 17.5 Å². The van der Waals surface area contributed by atoms with Gasteiger partial charge in [0.25, 0.3) is 0 Å². The summed E-state index contributed by atoms with van der Waals surface area (Å²) >= 11 is 5.95. The Balaban J connectivity index is 1.23. The molecular formula is C23H24ClN3O2. The predicted octanol–water partition coefficient (Wildman–Crippen LogP) is 4.32. The van der Waals surface area contributed by atoms with Gasteiger partial charge in [0.1, 0.15) is 6.26 Å². The summed E-state index contributed by atoms with van der Waals surface area (Å²) in [5, 5.41) is 3.91. The van der Waals surface area contributed by atoms with Crippen LogP contribution in [0.4, 0.5) is 0 Å². The number of carbonyl (C=O) groups is 1. The summed E-state index contributed by atoms with van der Waals surface area (Å²) in [5.41, 5.74) is 2.82. The molecule has 1 fully saturated rings. The first-order valence-corrected chi connectivity index (χ1v) is 10.3. The number of hydrogen-bond donors (Lipinski definition) is 1. The van der Waals surface area contributed by atoms with Gasteiger partial charge >= 0.3 is 0 Å². The highest BCUT2D eigenvalue weighted by Crippen LogP contribution is 2.19. The molecule has 5 nitrogen and oxygen atoms in total. The van der Waals surface area contributed by atoms with Crippen molar-refractivity contribution < 1.29 is 9.21 Å². The Morgan fingerprint density at radius 2 is 1.83 bits per heavy atom. The van der Waals surface area contributed by atoms with Gasteiger partial charge in [-0.1, -0.05) is 41.9 Å². The van der Waals surface area contributed by atoms with Gasteiger partial charge in [-0.05, 0) is 42.7 Å². The molecule has 4 rings (SSSR count). The zero-order valence-electron chi connectivity index (χ0n) is 16.2. The van der Waals surface area contributed by atoms with E-state index >= 15 is 0 Å². The molecular weight excluding hydrogens is 386 g/mol. The van der Waals surface area contributed by atoms with Crippen LogP contribution in [0.2, 0.25) is 5.02 Å². The number of rotatable bonds is 6. The lowest BCUT2D eigenvalue weighted by Gasteiger charge is -2.32. The lowest BCUT2D eigenvalue weighted by Crippen LogP contribution is -2.44. The third kappa shape index (κ3) is 5.46. The number of piperidine rings is 1. The van der Waals surface area contributed by atoms with E-state index in [2.05, 4.69) is 27.3 Å². The maximum absolute atomic E-state index is 12.4. The second-order valence-electron chi connectivity index (χ2n) is 7.43. The van der Waals surface area contributed by atoms with Gasteiger partial charge in [-0.25, -0.2) is 4.98 Å². The van der Waals surface area contributed by atoms with E-state index in [0.717, 1.165) is 43.1 Å². The molecule has 1 aliphatic heterocycles. The van der Waals surface area contributed by atoms with Crippen molar-refractivity contribution in [3.8, 4) is 11.5 Å². The van der Waals surface area contributed by atoms with E-state index in [9.17, 15) is 4.79 Å². The number of aromatic nitrogens is 1. The van der Waals surface area contributed by atoms with Gasteiger partial charge in [0, 0.05) is 36.3 Å². The van der Waals surface area contributed by atoms with Crippen LogP contribution in [0.25, 0.3) is 11.5 Å². The van der Waals surface area contributed by atoms with Crippen molar-refractivity contribution in [3.05, 3.63) is 77.1 Å². The molecule has 1 aromatic heterocycles. The quantitative estimate of drug-likeness (QED) is 0.658. The standard InChI is InChI=1S/C23H24ClN3O2/c24-19-8-6-17(7-9-19)15-27-12-10-20(11-13-27)25-22(28)14-21-16-29-23(26-21)18-4-2-1-3-5-18/h1-9,16,20H,10-15H2,(H,25,28). The van der Waals surface area contributed by atoms with Gasteiger partial charge < -0.3 is 9.73 Å². The molecule has 2 heterocycles. The third-order valence-corrected chi connectivity index (χ3v) is 5.44. The first-order chi connectivity index (χ1) is 14.2. The number of nitrogens with one attached hydrogen (secondary N) is 1. The van der Waals surface area contributed by atoms with Gasteiger partial charge in [-0.2, -0.15) is 0 Å². The highest BCUT2D eigenvalue weighted by Gasteiger charge is 2.21. The van der Waals surface area contributed by atoms with Gasteiger partial charge in [-0.15, -0.1) is 0 Å². The van der Waals surface area contributed by atoms with Crippen LogP contribution < -0.4 is 5.32 Å². The van der Waals surface area contributed by atoms with E-state index in [1.165, 1.54) is 5.56 Å². The fraction of sp³-hybridized carbons (Fsp3) is 0.304. The Bertz CT molecular complexity index is 932. The first kappa shape index (κ1) is 19.7. The number of likely N-dealkylation sites (tertiary alicyclic amines) is 1. The topological polar surface area (TPSA) is 58.4 Å². The highest BCUT2D eigenvalue weighted by molar-refractivity contribution is 6.30. The molecule has 0 bridgehead atoms. The molecule has 1 N–H and O–H groups in total. The van der Waals surface area contributed by atoms with Crippen LogP contribution in [-0.2, 0) is 17.8 Å². The molecule has 1 saturated heterocycles. The first-order valence-electron chi connectivity index (χ1n) is 9.92. The Morgan fingerprint density at radius 3 is 2.55 bits per heavy atom. The monoisotopic (exact) mass is 409 g/mol. The van der Waals surface area contributed by atoms with Gasteiger partial charge in [0.05, 0.1) is 12.1 Å². The number of nitrogens with zero attached hydrogens (tertiary/aromatic N) is 2. The van der Waals surface area contributed by atoms with Gasteiger partial charge in [0.2, 0.25) is 11.8 Å². The Labute approximate surface area is 175 Å². The third-order valence-electron chi connectivity index (χ3n) is 5.19. The minimum atomic E-state index is -0.00550. The zero-order chi connectivity index (χ0) is 20.1. The van der Waals surface area contributed by atoms with Crippen LogP contribution in [0.3, 0.4) is 0 Å². The fourth-order valence-electron chi connectivity index (χ4n) is 3.63. The number of oxazole rings is 1. The van der Waals surface area contributed by atoms with Crippen molar-refractivity contribution in [1.82, 2.24) is 15.2 Å². The van der Waals surface area contributed by atoms with Crippen LogP contribution in [0.5, 0.6) is 0 Å². The number of halogens is 1. The number of amides is 1. The average molecular weight is 410 g/mol. The van der Waals surface area contributed by atoms with Crippen LogP contribution in [-0.4, -0.2) is 34.9 Å². The summed E-state index contributed by atoms with van der Waals surface area (Å²) in [6.45, 7) is 2.85. The minimum absolute atomic E-state index is 0.00550. The molecule has 29 heavy (non-hydrogen) atoms. The van der Waals surface area contributed by atoms with Crippen molar-refractivity contribution in [2.24, 2.45) is 0 Å². The lowest BCUT2D eigenvalue weighted by molar-refractivity contribution is -0.121. The largest absolute Gasteiger partial charge is 0.444 e. The van der Waals surface area contributed by atoms with Crippen LogP contribution in [0.1, 0.15) is 24.1 Å². The maximum Gasteiger partial charge on any atom is 0.226 e. The van der Waals surface area contributed by atoms with E-state index in [1.807, 2.05) is 42.5 Å². The molecule has 0 atom stereocenters. The number of carbonyl (C=O) groups excluding carboxylic acids is 1. The van der Waals surface area contributed by atoms with Crippen LogP contribution >= 0.6 is 11.6 Å². The molecule has 1 aliphatic rings. The smallest absolute Gasteiger partial charge is 0.226 e. The van der Waals surface area contributed by atoms with E-state index in [4.69, 9.17) is 16.0 Å². The van der Waals surface area contributed by atoms with Crippen molar-refractivity contribution in [1.29, 1.82) is 0 Å². The second-order valence-corrected chi connectivity index (χ2v) is 7.87. The molecule has 0 spiro atoms. The van der Waals surface area contributed by atoms with E-state index in [0.29, 0.717) is 11.6 Å². The average Bonchev–Trinajstić information content (AvgIpc) is 3.20. The summed E-state index contributed by atoms with van der Waals surface area (Å²) < 4.78 is 5.51. The summed E-state index contributed by atoms with van der Waals surface area (Å²) in [7, 11) is 0. The normalized spacial score (nSPS) is 15.3. The molecule has 0 aliphatic carbocycles. The summed E-state index contributed by atoms with van der Waals surface area (Å²) in [5.74, 6) is 0.540. The van der Waals surface area contributed by atoms with Crippen LogP contribution in [0, 0.1) is 0 Å². The molecule has 2 aromatic carbocycles. The lowest BCUT2D eigenvalue weighted by atomic mass is 10.0. The summed E-state index contributed by atoms with van der Waals surface area (Å²) in [6, 6.07) is 17.9. The Kier molecular flexibility index (Phi) is 6.27. The summed E-state index contributed by atoms with van der Waals surface area (Å²) in [4.78, 5) is 19.3. The van der Waals surface area contributed by atoms with E-state index < -0.39 is 0 Å². The molecule has 1 amide bonds. The van der Waals surface area contributed by atoms with Gasteiger partial charge in [0.15, 0.2) is 0 Å². The molecule has 3 aromatic rings. The van der Waals surface area contributed by atoms with E-state index in [1.54, 1.807) is 6.26 Å². The zero-order valence-corrected chi connectivity index (χ0v) is 16.9. The fourth-order valence-corrected chi connectivity index (χ4v) is 3.75. The molecule has 150 valence electrons. The molecule has 0 unspecified atom stereocenters. The highest BCUT2D eigenvalue weighted by atomic mass is 35.5. The van der Waals surface area contributed by atoms with Gasteiger partial charge in [-0.3, -0.25) is 9.69 Å². The maximum atomic E-state index is 12.4. The molecule has 6 heteroatoms. The Morgan fingerprint density at radius 1 is 1.10 bits per heavy atom.